The van der Waals surface area contributed by atoms with Crippen LogP contribution in [-0.2, 0) is 44.5 Å². The van der Waals surface area contributed by atoms with Crippen molar-refractivity contribution in [2.45, 2.75) is 43.2 Å². The lowest BCUT2D eigenvalue weighted by Gasteiger charge is -2.15. The molecule has 9 N–H and O–H groups in total. The van der Waals surface area contributed by atoms with Gasteiger partial charge in [-0.15, -0.1) is 35.3 Å². The molecular weight excluding hydrogens is 1480 g/mol. The summed E-state index contributed by atoms with van der Waals surface area (Å²) in [6, 6.07) is 57.9. The molecule has 0 spiro atoms. The van der Waals surface area contributed by atoms with E-state index in [9.17, 15) is 68.1 Å². The lowest BCUT2D eigenvalue weighted by atomic mass is 10.1. The highest BCUT2D eigenvalue weighted by atomic mass is 32.2. The Hall–Kier alpha value is -11.1. The summed E-state index contributed by atoms with van der Waals surface area (Å²) in [7, 11) is -12.1. The van der Waals surface area contributed by atoms with Gasteiger partial charge in [0.2, 0.25) is 0 Å². The van der Waals surface area contributed by atoms with Crippen LogP contribution >= 0.6 is 35.3 Å². The number of ether oxygens (including phenoxy) is 2. The fraction of sp³-hybridized carbons (Fsp3) is 0.0921. The number of halogens is 3. The van der Waals surface area contributed by atoms with Gasteiger partial charge >= 0.3 is 17.9 Å². The van der Waals surface area contributed by atoms with Crippen molar-refractivity contribution in [3.05, 3.63) is 242 Å². The van der Waals surface area contributed by atoms with Crippen LogP contribution in [-0.4, -0.2) is 104 Å². The Labute approximate surface area is 613 Å². The van der Waals surface area contributed by atoms with Crippen LogP contribution in [0.3, 0.4) is 0 Å². The van der Waals surface area contributed by atoms with Gasteiger partial charge in [-0.25, -0.2) is 38.4 Å². The fourth-order valence-electron chi connectivity index (χ4n) is 10.6. The zero-order valence-electron chi connectivity index (χ0n) is 55.2. The van der Waals surface area contributed by atoms with Crippen molar-refractivity contribution in [1.29, 1.82) is 0 Å². The number of carboxylic acid groups (broad SMARTS) is 3. The number of benzene rings is 12. The van der Waals surface area contributed by atoms with Gasteiger partial charge in [0.25, 0.3) is 30.1 Å². The van der Waals surface area contributed by atoms with Gasteiger partial charge < -0.3 is 40.1 Å². The van der Waals surface area contributed by atoms with Crippen LogP contribution in [0.2, 0.25) is 0 Å². The molecule has 0 amide bonds. The number of thioether (sulfide) groups is 3. The summed E-state index contributed by atoms with van der Waals surface area (Å²) >= 11 is 2.67. The van der Waals surface area contributed by atoms with Crippen molar-refractivity contribution in [1.82, 2.24) is 0 Å². The molecule has 20 nitrogen and oxygen atoms in total. The average molecular weight is 1540 g/mol. The van der Waals surface area contributed by atoms with E-state index in [1.54, 1.807) is 116 Å². The second-order valence-corrected chi connectivity index (χ2v) is 30.6. The van der Waals surface area contributed by atoms with Crippen molar-refractivity contribution in [3.63, 3.8) is 0 Å². The molecule has 0 aromatic heterocycles. The van der Waals surface area contributed by atoms with E-state index >= 15 is 0 Å². The topological polar surface area (TPSA) is 330 Å². The number of aromatic hydroxyl groups is 3. The van der Waals surface area contributed by atoms with E-state index in [0.717, 1.165) is 64.3 Å². The molecule has 12 rings (SSSR count). The number of carbonyl (C=O) groups is 3. The predicted molar refractivity (Wildman–Crippen MR) is 402 cm³/mol. The fourth-order valence-corrected chi connectivity index (χ4v) is 16.0. The summed E-state index contributed by atoms with van der Waals surface area (Å²) in [5.74, 6) is -6.01. The summed E-state index contributed by atoms with van der Waals surface area (Å²) in [5, 5.41) is 61.3. The van der Waals surface area contributed by atoms with Crippen molar-refractivity contribution >= 4 is 133 Å². The number of phenols is 3. The first kappa shape index (κ1) is 76.6. The number of fused-ring (bicyclic) bond motifs is 3. The molecule has 540 valence electrons. The average Bonchev–Trinajstić information content (AvgIpc) is 0.783. The quantitative estimate of drug-likeness (QED) is 0.0190. The Morgan fingerprint density at radius 3 is 0.952 bits per heavy atom. The largest absolute Gasteiger partial charge is 0.506 e. The first-order valence-electron chi connectivity index (χ1n) is 31.4. The van der Waals surface area contributed by atoms with Gasteiger partial charge in [-0.1, -0.05) is 133 Å². The van der Waals surface area contributed by atoms with Gasteiger partial charge in [0, 0.05) is 32.3 Å². The SMILES string of the molecule is CCOc1cc(-c2ccc(S(=O)(=O)Nc3cc(SCC(=O)O)c(O)c4ccccc34)cc2)ccc1F.CCOc1ccc(-c2ccc(S(=O)(=O)Nc3cc(SCC(=O)O)c(O)c4ccccc34)cc2)cc1.O=C(O)CSc1cc(NS(=O)(=O)c2ccc(-c3ccc(F)c(F)c3)cc2)c2ccccc2c1O. The number of nitrogens with one attached hydrogen (secondary N) is 3. The number of hydrogen-bond donors (Lipinski definition) is 9. The standard InChI is InChI=1S/C26H22FNO6S2.C26H23NO6S2.C24H17F2NO5S2/c1-2-34-23-13-17(9-12-21(23)27)16-7-10-18(11-8-16)36(32,33)28-22-14-24(35-15-25(29)30)26(31)20-6-4-3-5-19(20)22;1-2-33-19-11-7-17(8-12-19)18-9-13-20(14-10-18)35(31,32)27-23-15-24(34-16-25(28)29)26(30)22-6-4-3-5-21(22)23;25-19-10-7-15(11-20(19)26)14-5-8-16(9-6-14)34(31,32)27-21-12-22(33-13-23(28)29)24(30)18-4-2-1-3-17(18)21/h3-14,28,31H,2,15H2,1H3,(H,29,30);3-15,27,30H,2,16H2,1H3,(H,28,29);1-12,27,30H,13H2,(H,28,29). The summed E-state index contributed by atoms with van der Waals surface area (Å²) in [6.45, 7) is 4.56. The molecule has 0 fully saturated rings. The Bertz CT molecular complexity index is 5610. The van der Waals surface area contributed by atoms with Gasteiger partial charge in [0.05, 0.1) is 76.9 Å². The van der Waals surface area contributed by atoms with Crippen LogP contribution in [0.15, 0.2) is 254 Å². The Kier molecular flexibility index (Phi) is 24.5. The maximum atomic E-state index is 13.9. The van der Waals surface area contributed by atoms with Crippen molar-refractivity contribution in [3.8, 4) is 62.1 Å². The maximum Gasteiger partial charge on any atom is 0.313 e. The highest BCUT2D eigenvalue weighted by molar-refractivity contribution is 8.00. The number of carboxylic acids is 3. The van der Waals surface area contributed by atoms with E-state index in [-0.39, 0.29) is 86.7 Å². The normalized spacial score (nSPS) is 11.4. The molecule has 0 heterocycles. The molecule has 12 aromatic carbocycles. The Balaban J connectivity index is 0.000000169. The number of anilines is 3. The van der Waals surface area contributed by atoms with Crippen LogP contribution in [0.4, 0.5) is 30.2 Å². The molecule has 0 aliphatic carbocycles. The molecule has 0 saturated heterocycles. The van der Waals surface area contributed by atoms with Gasteiger partial charge in [-0.05, 0) is 138 Å². The van der Waals surface area contributed by atoms with E-state index in [1.807, 2.05) is 31.2 Å². The van der Waals surface area contributed by atoms with Crippen LogP contribution in [0, 0.1) is 17.5 Å². The van der Waals surface area contributed by atoms with Crippen LogP contribution in [0.25, 0.3) is 65.7 Å². The molecule has 105 heavy (non-hydrogen) atoms. The first-order chi connectivity index (χ1) is 50.1. The second kappa shape index (κ2) is 33.6. The lowest BCUT2D eigenvalue weighted by molar-refractivity contribution is -0.134. The van der Waals surface area contributed by atoms with Gasteiger partial charge in [0.15, 0.2) is 23.2 Å². The Morgan fingerprint density at radius 1 is 0.352 bits per heavy atom. The van der Waals surface area contributed by atoms with Gasteiger partial charge in [-0.2, -0.15) is 0 Å². The first-order valence-corrected chi connectivity index (χ1v) is 38.8. The maximum absolute atomic E-state index is 13.9. The number of rotatable bonds is 25. The minimum Gasteiger partial charge on any atom is -0.506 e. The van der Waals surface area contributed by atoms with E-state index in [4.69, 9.17) is 24.8 Å². The van der Waals surface area contributed by atoms with Crippen LogP contribution < -0.4 is 23.6 Å². The molecule has 0 atom stereocenters. The third-order valence-electron chi connectivity index (χ3n) is 15.5. The number of aliphatic carboxylic acids is 3. The zero-order chi connectivity index (χ0) is 75.3. The summed E-state index contributed by atoms with van der Waals surface area (Å²) < 4.78 is 138. The Morgan fingerprint density at radius 2 is 0.638 bits per heavy atom. The molecular formula is C76H62F3N3O17S6. The number of sulfonamides is 3. The molecule has 0 unspecified atom stereocenters. The third kappa shape index (κ3) is 18.8. The zero-order valence-corrected chi connectivity index (χ0v) is 60.1. The van der Waals surface area contributed by atoms with E-state index in [0.29, 0.717) is 67.8 Å². The minimum absolute atomic E-state index is 0.00436. The molecule has 0 aliphatic heterocycles. The number of phenolic OH excluding ortho intramolecular Hbond substituents is 3. The van der Waals surface area contributed by atoms with Crippen LogP contribution in [0.5, 0.6) is 28.7 Å². The molecule has 0 aliphatic rings. The lowest BCUT2D eigenvalue weighted by Crippen LogP contribution is -2.13. The molecule has 0 radical (unpaired) electrons. The van der Waals surface area contributed by atoms with E-state index in [1.165, 1.54) is 78.9 Å². The minimum atomic E-state index is -4.07. The van der Waals surface area contributed by atoms with Crippen molar-refractivity contribution in [2.75, 3.05) is 44.6 Å². The molecule has 0 bridgehead atoms. The van der Waals surface area contributed by atoms with E-state index < -0.39 is 65.4 Å². The predicted octanol–water partition coefficient (Wildman–Crippen LogP) is 16.8. The summed E-state index contributed by atoms with van der Waals surface area (Å²) in [4.78, 5) is 33.7. The summed E-state index contributed by atoms with van der Waals surface area (Å²) in [6.07, 6.45) is 0. The molecule has 12 aromatic rings. The number of hydrogen-bond acceptors (Lipinski definition) is 17. The van der Waals surface area contributed by atoms with Gasteiger partial charge in [-0.3, -0.25) is 28.5 Å². The molecule has 29 heteroatoms. The second-order valence-electron chi connectivity index (χ2n) is 22.6. The highest BCUT2D eigenvalue weighted by Crippen LogP contribution is 2.44. The van der Waals surface area contributed by atoms with Crippen LogP contribution in [0.1, 0.15) is 13.8 Å². The van der Waals surface area contributed by atoms with E-state index in [2.05, 4.69) is 14.2 Å². The van der Waals surface area contributed by atoms with Gasteiger partial charge in [0.1, 0.15) is 23.0 Å². The smallest absolute Gasteiger partial charge is 0.313 e. The third-order valence-corrected chi connectivity index (χ3v) is 22.7. The van der Waals surface area contributed by atoms with Crippen molar-refractivity contribution < 1.29 is 92.9 Å². The summed E-state index contributed by atoms with van der Waals surface area (Å²) in [5.41, 5.74) is 4.65. The molecule has 0 saturated carbocycles. The monoisotopic (exact) mass is 1540 g/mol. The highest BCUT2D eigenvalue weighted by Gasteiger charge is 2.24. The van der Waals surface area contributed by atoms with Crippen molar-refractivity contribution in [2.24, 2.45) is 0 Å².